The van der Waals surface area contributed by atoms with Gasteiger partial charge < -0.3 is 19.8 Å². The lowest BCUT2D eigenvalue weighted by Crippen LogP contribution is -2.41. The minimum atomic E-state index is -0.687. The topological polar surface area (TPSA) is 70.8 Å². The number of carbonyl (C=O) groups excluding carboxylic acids is 1. The Hall–Kier alpha value is -1.01. The van der Waals surface area contributed by atoms with E-state index >= 15 is 0 Å². The monoisotopic (exact) mass is 311 g/mol. The molecule has 1 heterocycles. The molecule has 5 nitrogen and oxygen atoms in total. The van der Waals surface area contributed by atoms with Crippen molar-refractivity contribution in [3.8, 4) is 0 Å². The van der Waals surface area contributed by atoms with E-state index in [2.05, 4.69) is 38.5 Å². The molecular formula is C16H30BNO4. The van der Waals surface area contributed by atoms with Gasteiger partial charge in [0.05, 0.1) is 17.8 Å². The van der Waals surface area contributed by atoms with Gasteiger partial charge in [-0.15, -0.1) is 0 Å². The number of nitrogens with two attached hydrogens (primary N) is 1. The first-order valence-electron chi connectivity index (χ1n) is 8.19. The van der Waals surface area contributed by atoms with E-state index in [4.69, 9.17) is 15.0 Å². The largest absolute Gasteiger partial charge is 0.486 e. The lowest BCUT2D eigenvalue weighted by Gasteiger charge is -2.32. The zero-order chi connectivity index (χ0) is 16.6. The molecule has 0 bridgehead atoms. The van der Waals surface area contributed by atoms with Crippen LogP contribution in [0.4, 0.5) is 4.79 Å². The molecular weight excluding hydrogens is 281 g/mol. The normalized spacial score (nSPS) is 19.7. The van der Waals surface area contributed by atoms with E-state index in [9.17, 15) is 4.79 Å². The van der Waals surface area contributed by atoms with Gasteiger partial charge in [0, 0.05) is 0 Å². The Morgan fingerprint density at radius 1 is 1.05 bits per heavy atom. The summed E-state index contributed by atoms with van der Waals surface area (Å²) in [5.74, 6) is 2.01. The first kappa shape index (κ1) is 19.0. The predicted octanol–water partition coefficient (Wildman–Crippen LogP) is 3.61. The van der Waals surface area contributed by atoms with Crippen LogP contribution in [0.3, 0.4) is 0 Å². The van der Waals surface area contributed by atoms with Crippen LogP contribution >= 0.6 is 0 Å². The molecule has 2 N–H and O–H groups in total. The summed E-state index contributed by atoms with van der Waals surface area (Å²) in [5, 5.41) is 0. The average Bonchev–Trinajstić information content (AvgIpc) is 2.59. The molecule has 0 saturated carbocycles. The quantitative estimate of drug-likeness (QED) is 0.521. The number of carbonyl (C=O) groups is 1. The van der Waals surface area contributed by atoms with Gasteiger partial charge in [0.15, 0.2) is 0 Å². The van der Waals surface area contributed by atoms with Crippen LogP contribution in [0.15, 0.2) is 12.1 Å². The molecule has 1 saturated heterocycles. The van der Waals surface area contributed by atoms with Crippen LogP contribution in [0.25, 0.3) is 0 Å². The molecule has 1 fully saturated rings. The van der Waals surface area contributed by atoms with Gasteiger partial charge in [0.25, 0.3) is 0 Å². The van der Waals surface area contributed by atoms with Gasteiger partial charge in [0.1, 0.15) is 0 Å². The summed E-state index contributed by atoms with van der Waals surface area (Å²) in [6.45, 7) is 8.66. The van der Waals surface area contributed by atoms with E-state index in [0.717, 1.165) is 32.1 Å². The summed E-state index contributed by atoms with van der Waals surface area (Å²) in [6.07, 6.45) is 7.89. The van der Waals surface area contributed by atoms with Crippen molar-refractivity contribution in [3.05, 3.63) is 12.1 Å². The third-order valence-electron chi connectivity index (χ3n) is 4.32. The Labute approximate surface area is 134 Å². The number of amides is 1. The van der Waals surface area contributed by atoms with Crippen molar-refractivity contribution < 1.29 is 18.8 Å². The van der Waals surface area contributed by atoms with Crippen molar-refractivity contribution >= 4 is 13.2 Å². The second-order valence-electron chi connectivity index (χ2n) is 6.78. The van der Waals surface area contributed by atoms with E-state index in [0.29, 0.717) is 6.61 Å². The minimum Gasteiger partial charge on any atom is -0.450 e. The number of hydrogen-bond acceptors (Lipinski definition) is 4. The van der Waals surface area contributed by atoms with Gasteiger partial charge in [-0.05, 0) is 47.0 Å². The van der Waals surface area contributed by atoms with Gasteiger partial charge in [0.2, 0.25) is 0 Å². The summed E-state index contributed by atoms with van der Waals surface area (Å²) in [6, 6.07) is 0. The van der Waals surface area contributed by atoms with Crippen molar-refractivity contribution in [2.24, 2.45) is 5.73 Å². The molecule has 0 aliphatic carbocycles. The summed E-state index contributed by atoms with van der Waals surface area (Å²) in [5.41, 5.74) is 4.35. The third kappa shape index (κ3) is 6.40. The second-order valence-corrected chi connectivity index (χ2v) is 6.78. The molecule has 0 spiro atoms. The van der Waals surface area contributed by atoms with Crippen LogP contribution in [-0.4, -0.2) is 31.0 Å². The van der Waals surface area contributed by atoms with Gasteiger partial charge >= 0.3 is 13.2 Å². The molecule has 1 amide bonds. The van der Waals surface area contributed by atoms with Gasteiger partial charge in [-0.2, -0.15) is 0 Å². The lowest BCUT2D eigenvalue weighted by atomic mass is 9.89. The van der Waals surface area contributed by atoms with Crippen LogP contribution in [0, 0.1) is 0 Å². The first-order chi connectivity index (χ1) is 10.2. The molecule has 0 unspecified atom stereocenters. The highest BCUT2D eigenvalue weighted by Crippen LogP contribution is 2.36. The molecule has 0 aromatic carbocycles. The average molecular weight is 311 g/mol. The zero-order valence-corrected chi connectivity index (χ0v) is 14.4. The predicted molar refractivity (Wildman–Crippen MR) is 88.5 cm³/mol. The Morgan fingerprint density at radius 2 is 1.59 bits per heavy atom. The first-order valence-corrected chi connectivity index (χ1v) is 8.19. The van der Waals surface area contributed by atoms with E-state index in [1.165, 1.54) is 6.42 Å². The number of ether oxygens (including phenoxy) is 1. The standard InChI is InChI=1S/C16H30BNO4/c1-15(2)16(3,4)22-17(21-15)12-10-8-6-5-7-9-11-13-20-14(18)19/h10,12H,5-9,11,13H2,1-4H3,(H2,18,19). The number of unbranched alkanes of at least 4 members (excludes halogenated alkanes) is 5. The maximum atomic E-state index is 10.4. The highest BCUT2D eigenvalue weighted by molar-refractivity contribution is 6.51. The maximum absolute atomic E-state index is 10.4. The number of allylic oxidation sites excluding steroid dienone is 1. The minimum absolute atomic E-state index is 0.240. The molecule has 22 heavy (non-hydrogen) atoms. The Kier molecular flexibility index (Phi) is 7.43. The summed E-state index contributed by atoms with van der Waals surface area (Å²) in [4.78, 5) is 10.4. The summed E-state index contributed by atoms with van der Waals surface area (Å²) < 4.78 is 16.5. The molecule has 0 atom stereocenters. The molecule has 0 radical (unpaired) electrons. The molecule has 1 aliphatic heterocycles. The fraction of sp³-hybridized carbons (Fsp3) is 0.812. The number of primary amides is 1. The molecule has 126 valence electrons. The maximum Gasteiger partial charge on any atom is 0.486 e. The van der Waals surface area contributed by atoms with Crippen molar-refractivity contribution in [1.82, 2.24) is 0 Å². The highest BCUT2D eigenvalue weighted by Gasteiger charge is 2.49. The zero-order valence-electron chi connectivity index (χ0n) is 14.4. The van der Waals surface area contributed by atoms with E-state index in [1.54, 1.807) is 0 Å². The highest BCUT2D eigenvalue weighted by atomic mass is 16.7. The van der Waals surface area contributed by atoms with Crippen molar-refractivity contribution in [3.63, 3.8) is 0 Å². The molecule has 1 rings (SSSR count). The van der Waals surface area contributed by atoms with Crippen LogP contribution in [-0.2, 0) is 14.0 Å². The molecule has 0 aromatic rings. The van der Waals surface area contributed by atoms with Gasteiger partial charge in [-0.25, -0.2) is 4.79 Å². The molecule has 1 aliphatic rings. The SMILES string of the molecule is CC1(C)OB(C=CCCCCCCCOC(N)=O)OC1(C)C. The smallest absolute Gasteiger partial charge is 0.450 e. The van der Waals surface area contributed by atoms with Crippen molar-refractivity contribution in [2.45, 2.75) is 77.4 Å². The van der Waals surface area contributed by atoms with Crippen molar-refractivity contribution in [2.75, 3.05) is 6.61 Å². The van der Waals surface area contributed by atoms with E-state index < -0.39 is 6.09 Å². The molecule has 6 heteroatoms. The summed E-state index contributed by atoms with van der Waals surface area (Å²) >= 11 is 0. The second kappa shape index (κ2) is 8.58. The Bertz CT molecular complexity index is 366. The third-order valence-corrected chi connectivity index (χ3v) is 4.32. The molecule has 0 aromatic heterocycles. The van der Waals surface area contributed by atoms with Crippen molar-refractivity contribution in [1.29, 1.82) is 0 Å². The van der Waals surface area contributed by atoms with Crippen LogP contribution in [0.5, 0.6) is 0 Å². The Balaban J connectivity index is 2.03. The fourth-order valence-corrected chi connectivity index (χ4v) is 2.24. The van der Waals surface area contributed by atoms with E-state index in [1.807, 2.05) is 5.98 Å². The van der Waals surface area contributed by atoms with E-state index in [-0.39, 0.29) is 18.3 Å². The number of hydrogen-bond donors (Lipinski definition) is 1. The van der Waals surface area contributed by atoms with Crippen LogP contribution in [0.1, 0.15) is 66.2 Å². The fourth-order valence-electron chi connectivity index (χ4n) is 2.24. The lowest BCUT2D eigenvalue weighted by molar-refractivity contribution is 0.00578. The van der Waals surface area contributed by atoms with Gasteiger partial charge in [-0.1, -0.05) is 31.3 Å². The Morgan fingerprint density at radius 3 is 2.18 bits per heavy atom. The number of rotatable bonds is 9. The van der Waals surface area contributed by atoms with Crippen LogP contribution < -0.4 is 5.73 Å². The van der Waals surface area contributed by atoms with Crippen LogP contribution in [0.2, 0.25) is 0 Å². The summed E-state index contributed by atoms with van der Waals surface area (Å²) in [7, 11) is -0.240. The van der Waals surface area contributed by atoms with Gasteiger partial charge in [-0.3, -0.25) is 0 Å².